The van der Waals surface area contributed by atoms with Crippen LogP contribution >= 0.6 is 0 Å². The molecule has 0 aliphatic heterocycles. The maximum atomic E-state index is 12.2. The van der Waals surface area contributed by atoms with Crippen molar-refractivity contribution in [2.45, 2.75) is 25.8 Å². The van der Waals surface area contributed by atoms with Gasteiger partial charge in [0.1, 0.15) is 6.04 Å². The second kappa shape index (κ2) is 10.2. The summed E-state index contributed by atoms with van der Waals surface area (Å²) in [4.78, 5) is 27.8. The molecule has 10 nitrogen and oxygen atoms in total. The van der Waals surface area contributed by atoms with Gasteiger partial charge in [-0.2, -0.15) is 5.34 Å². The van der Waals surface area contributed by atoms with E-state index in [1.165, 1.54) is 7.11 Å². The first-order valence-corrected chi connectivity index (χ1v) is 7.51. The van der Waals surface area contributed by atoms with Gasteiger partial charge < -0.3 is 26.2 Å². The molecule has 138 valence electrons. The van der Waals surface area contributed by atoms with E-state index < -0.39 is 17.3 Å². The van der Waals surface area contributed by atoms with Gasteiger partial charge in [0.15, 0.2) is 0 Å². The highest BCUT2D eigenvalue weighted by Gasteiger charge is 2.21. The van der Waals surface area contributed by atoms with E-state index in [-0.39, 0.29) is 24.8 Å². The Morgan fingerprint density at radius 2 is 2.04 bits per heavy atom. The number of guanidine groups is 1. The summed E-state index contributed by atoms with van der Waals surface area (Å²) in [6, 6.07) is 6.09. The lowest BCUT2D eigenvalue weighted by atomic mass is 10.1. The largest absolute Gasteiger partial charge is 0.744 e. The third-order valence-electron chi connectivity index (χ3n) is 3.25. The SMILES string of the molecule is COC(=O)C(CCCN=C(N)NN([O-])O)NC(=O)c1ccc(C)cc1. The zero-order valence-electron chi connectivity index (χ0n) is 14.1. The van der Waals surface area contributed by atoms with E-state index in [0.29, 0.717) is 12.0 Å². The van der Waals surface area contributed by atoms with Crippen LogP contribution in [0.1, 0.15) is 28.8 Å². The molecule has 0 aliphatic carbocycles. The molecule has 1 atom stereocenters. The Morgan fingerprint density at radius 3 is 2.60 bits per heavy atom. The van der Waals surface area contributed by atoms with Crippen molar-refractivity contribution in [1.29, 1.82) is 0 Å². The molecule has 0 bridgehead atoms. The highest BCUT2D eigenvalue weighted by Crippen LogP contribution is 2.06. The number of nitrogens with one attached hydrogen (secondary N) is 2. The maximum Gasteiger partial charge on any atom is 0.328 e. The molecule has 1 amide bonds. The molecule has 1 rings (SSSR count). The summed E-state index contributed by atoms with van der Waals surface area (Å²) in [5, 5.41) is 20.7. The number of methoxy groups -OCH3 is 1. The van der Waals surface area contributed by atoms with Crippen molar-refractivity contribution in [3.63, 3.8) is 0 Å². The van der Waals surface area contributed by atoms with Crippen LogP contribution in [0.25, 0.3) is 0 Å². The van der Waals surface area contributed by atoms with Gasteiger partial charge >= 0.3 is 5.97 Å². The van der Waals surface area contributed by atoms with E-state index in [9.17, 15) is 14.8 Å². The highest BCUT2D eigenvalue weighted by molar-refractivity contribution is 5.96. The Kier molecular flexibility index (Phi) is 8.33. The van der Waals surface area contributed by atoms with Crippen LogP contribution in [0.15, 0.2) is 29.3 Å². The molecule has 25 heavy (non-hydrogen) atoms. The van der Waals surface area contributed by atoms with Crippen LogP contribution in [0.2, 0.25) is 0 Å². The van der Waals surface area contributed by atoms with Gasteiger partial charge in [0.25, 0.3) is 5.91 Å². The number of carbonyl (C=O) groups excluding carboxylic acids is 2. The van der Waals surface area contributed by atoms with Crippen LogP contribution in [0.3, 0.4) is 0 Å². The maximum absolute atomic E-state index is 12.2. The lowest BCUT2D eigenvalue weighted by Crippen LogP contribution is -2.42. The molecule has 0 saturated carbocycles. The Morgan fingerprint density at radius 1 is 1.40 bits per heavy atom. The number of carbonyl (C=O) groups is 2. The minimum atomic E-state index is -0.836. The van der Waals surface area contributed by atoms with Gasteiger partial charge in [-0.1, -0.05) is 17.7 Å². The average molecular weight is 352 g/mol. The van der Waals surface area contributed by atoms with Crippen molar-refractivity contribution < 1.29 is 19.5 Å². The van der Waals surface area contributed by atoms with Crippen LogP contribution in [-0.2, 0) is 9.53 Å². The number of ether oxygens (including phenoxy) is 1. The molecule has 0 heterocycles. The van der Waals surface area contributed by atoms with E-state index in [1.807, 2.05) is 12.3 Å². The molecule has 1 aromatic rings. The number of nitrogens with two attached hydrogens (primary N) is 1. The second-order valence-corrected chi connectivity index (χ2v) is 5.21. The second-order valence-electron chi connectivity index (χ2n) is 5.21. The number of hydrazine groups is 1. The quantitative estimate of drug-likeness (QED) is 0.168. The first-order chi connectivity index (χ1) is 11.8. The number of aliphatic imine (C=N–C) groups is 1. The fourth-order valence-corrected chi connectivity index (χ4v) is 1.97. The molecule has 0 aliphatic rings. The predicted octanol–water partition coefficient (Wildman–Crippen LogP) is 0.0549. The molecular formula is C15H22N5O5-. The van der Waals surface area contributed by atoms with E-state index in [1.54, 1.807) is 24.3 Å². The topological polar surface area (TPSA) is 152 Å². The van der Waals surface area contributed by atoms with Crippen LogP contribution in [0.5, 0.6) is 0 Å². The van der Waals surface area contributed by atoms with Gasteiger partial charge in [-0.3, -0.25) is 15.2 Å². The van der Waals surface area contributed by atoms with Gasteiger partial charge in [-0.05, 0) is 31.9 Å². The van der Waals surface area contributed by atoms with Crippen molar-refractivity contribution in [3.05, 3.63) is 40.6 Å². The summed E-state index contributed by atoms with van der Waals surface area (Å²) in [6.07, 6.45) is 0.655. The summed E-state index contributed by atoms with van der Waals surface area (Å²) in [7, 11) is 1.23. The fourth-order valence-electron chi connectivity index (χ4n) is 1.97. The summed E-state index contributed by atoms with van der Waals surface area (Å²) in [6.45, 7) is 2.09. The van der Waals surface area contributed by atoms with Crippen molar-refractivity contribution in [2.24, 2.45) is 10.7 Å². The molecule has 5 N–H and O–H groups in total. The lowest BCUT2D eigenvalue weighted by molar-refractivity contribution is -0.143. The Labute approximate surface area is 145 Å². The predicted molar refractivity (Wildman–Crippen MR) is 90.3 cm³/mol. The zero-order valence-corrected chi connectivity index (χ0v) is 14.1. The van der Waals surface area contributed by atoms with Gasteiger partial charge in [-0.15, -0.1) is 0 Å². The number of benzene rings is 1. The normalized spacial score (nSPS) is 12.6. The summed E-state index contributed by atoms with van der Waals surface area (Å²) in [5.74, 6) is -1.23. The van der Waals surface area contributed by atoms with Crippen LogP contribution in [-0.4, -0.2) is 48.1 Å². The minimum Gasteiger partial charge on any atom is -0.744 e. The molecule has 0 radical (unpaired) electrons. The highest BCUT2D eigenvalue weighted by atomic mass is 16.8. The van der Waals surface area contributed by atoms with E-state index >= 15 is 0 Å². The van der Waals surface area contributed by atoms with Gasteiger partial charge in [0, 0.05) is 12.1 Å². The molecule has 0 spiro atoms. The van der Waals surface area contributed by atoms with Crippen LogP contribution in [0.4, 0.5) is 0 Å². The number of hydrogen-bond donors (Lipinski definition) is 4. The van der Waals surface area contributed by atoms with Crippen molar-refractivity contribution in [2.75, 3.05) is 13.7 Å². The summed E-state index contributed by atoms with van der Waals surface area (Å²) < 4.78 is 4.69. The summed E-state index contributed by atoms with van der Waals surface area (Å²) >= 11 is 0. The number of hydrogen-bond acceptors (Lipinski definition) is 7. The molecule has 10 heteroatoms. The van der Waals surface area contributed by atoms with Crippen molar-refractivity contribution in [3.8, 4) is 0 Å². The number of esters is 1. The summed E-state index contributed by atoms with van der Waals surface area (Å²) in [5.41, 5.74) is 8.60. The fraction of sp³-hybridized carbons (Fsp3) is 0.400. The standard InChI is InChI=1S/C15H22N5O5/c1-10-5-7-11(8-6-10)13(21)18-12(14(22)25-2)4-3-9-17-15(16)19-20(23)24/h5-8,12,23H,3-4,9H2,1-2H3,(H,18,21)(H3,16,17,19)/q-1. The van der Waals surface area contributed by atoms with Crippen LogP contribution < -0.4 is 16.5 Å². The number of nitrogens with zero attached hydrogens (tertiary/aromatic N) is 2. The molecule has 1 aromatic carbocycles. The molecule has 0 fully saturated rings. The number of aryl methyl sites for hydroxylation is 1. The Balaban J connectivity index is 2.58. The van der Waals surface area contributed by atoms with E-state index in [0.717, 1.165) is 5.56 Å². The Hall–Kier alpha value is -2.69. The third-order valence-corrected chi connectivity index (χ3v) is 3.25. The first kappa shape index (κ1) is 20.4. The number of amides is 1. The molecular weight excluding hydrogens is 330 g/mol. The lowest BCUT2D eigenvalue weighted by Gasteiger charge is -2.20. The Bertz CT molecular complexity index is 603. The third kappa shape index (κ3) is 7.61. The average Bonchev–Trinajstić information content (AvgIpc) is 2.56. The van der Waals surface area contributed by atoms with E-state index in [4.69, 9.17) is 15.7 Å². The molecule has 0 aromatic heterocycles. The van der Waals surface area contributed by atoms with Crippen molar-refractivity contribution in [1.82, 2.24) is 16.1 Å². The molecule has 0 saturated heterocycles. The van der Waals surface area contributed by atoms with Gasteiger partial charge in [0.05, 0.1) is 7.11 Å². The minimum absolute atomic E-state index is 0.181. The van der Waals surface area contributed by atoms with Crippen LogP contribution in [0, 0.1) is 12.1 Å². The van der Waals surface area contributed by atoms with Gasteiger partial charge in [-0.25, -0.2) is 4.79 Å². The van der Waals surface area contributed by atoms with E-state index in [2.05, 4.69) is 10.3 Å². The zero-order chi connectivity index (χ0) is 18.8. The van der Waals surface area contributed by atoms with Gasteiger partial charge in [0.2, 0.25) is 5.96 Å². The number of rotatable bonds is 8. The first-order valence-electron chi connectivity index (χ1n) is 7.51. The smallest absolute Gasteiger partial charge is 0.328 e. The van der Waals surface area contributed by atoms with Crippen molar-refractivity contribution >= 4 is 17.8 Å². The monoisotopic (exact) mass is 352 g/mol. The molecule has 1 unspecified atom stereocenters.